The van der Waals surface area contributed by atoms with Gasteiger partial charge in [0.1, 0.15) is 30.1 Å². The van der Waals surface area contributed by atoms with Crippen molar-refractivity contribution < 1.29 is 52.2 Å². The van der Waals surface area contributed by atoms with Gasteiger partial charge < -0.3 is 52.2 Å². The van der Waals surface area contributed by atoms with Crippen molar-refractivity contribution in [3.05, 3.63) is 36.2 Å². The van der Waals surface area contributed by atoms with Gasteiger partial charge in [-0.25, -0.2) is 4.68 Å². The molecule has 0 spiro atoms. The van der Waals surface area contributed by atoms with Crippen LogP contribution >= 0.6 is 0 Å². The lowest BCUT2D eigenvalue weighted by Crippen LogP contribution is -2.13. The van der Waals surface area contributed by atoms with Gasteiger partial charge in [-0.2, -0.15) is 0 Å². The van der Waals surface area contributed by atoms with E-state index >= 15 is 0 Å². The van der Waals surface area contributed by atoms with Crippen LogP contribution in [0, 0.1) is 0 Å². The lowest BCUT2D eigenvalue weighted by molar-refractivity contribution is -0.108. The van der Waals surface area contributed by atoms with Crippen LogP contribution in [-0.4, -0.2) is 134 Å². The van der Waals surface area contributed by atoms with Crippen LogP contribution in [0.4, 0.5) is 0 Å². The predicted molar refractivity (Wildman–Crippen MR) is 159 cm³/mol. The van der Waals surface area contributed by atoms with Gasteiger partial charge in [0, 0.05) is 13.0 Å². The Hall–Kier alpha value is -2.69. The van der Waals surface area contributed by atoms with E-state index in [1.165, 1.54) is 0 Å². The minimum Gasteiger partial charge on any atom is -0.497 e. The molecule has 2 rings (SSSR count). The van der Waals surface area contributed by atoms with Gasteiger partial charge in [-0.05, 0) is 30.7 Å². The average molecular weight is 628 g/mol. The number of benzene rings is 1. The summed E-state index contributed by atoms with van der Waals surface area (Å²) in [6, 6.07) is 7.42. The standard InChI is InChI=1S/C30H49N3O11/c1-35-29-4-6-30(7-5-29)44-25-24-42-21-20-40-18-19-41-22-23-43-27-28-26-33(32-31-28)8-11-37-13-15-39-17-16-38-14-12-36-10-3-2-9-34/h4-7,9,26H,2-3,8,10-25,27H2,1H3. The SMILES string of the molecule is COc1ccc(OCCOCCOCCOCCOCc2cn(CCOCCOCCOCCOCCCC=O)nn2)cc1. The van der Waals surface area contributed by atoms with Gasteiger partial charge in [-0.1, -0.05) is 5.21 Å². The molecule has 0 aliphatic rings. The zero-order valence-corrected chi connectivity index (χ0v) is 25.9. The Morgan fingerprint density at radius 1 is 0.614 bits per heavy atom. The Morgan fingerprint density at radius 2 is 1.09 bits per heavy atom. The smallest absolute Gasteiger partial charge is 0.120 e. The van der Waals surface area contributed by atoms with Crippen LogP contribution < -0.4 is 9.47 Å². The van der Waals surface area contributed by atoms with Gasteiger partial charge in [-0.3, -0.25) is 0 Å². The van der Waals surface area contributed by atoms with Crippen molar-refractivity contribution in [2.45, 2.75) is 26.0 Å². The normalized spacial score (nSPS) is 11.2. The number of carbonyl (C=O) groups excluding carboxylic acids is 1. The van der Waals surface area contributed by atoms with Crippen molar-refractivity contribution in [1.82, 2.24) is 15.0 Å². The molecule has 0 unspecified atom stereocenters. The Morgan fingerprint density at radius 3 is 1.64 bits per heavy atom. The van der Waals surface area contributed by atoms with E-state index in [2.05, 4.69) is 10.3 Å². The maximum Gasteiger partial charge on any atom is 0.120 e. The van der Waals surface area contributed by atoms with Gasteiger partial charge in [0.05, 0.1) is 119 Å². The Bertz CT molecular complexity index is 918. The molecule has 0 bridgehead atoms. The van der Waals surface area contributed by atoms with Crippen molar-refractivity contribution in [2.24, 2.45) is 0 Å². The minimum atomic E-state index is 0.364. The average Bonchev–Trinajstić information content (AvgIpc) is 3.50. The summed E-state index contributed by atoms with van der Waals surface area (Å²) in [7, 11) is 1.63. The van der Waals surface area contributed by atoms with E-state index in [4.69, 9.17) is 47.4 Å². The van der Waals surface area contributed by atoms with Crippen LogP contribution in [0.2, 0.25) is 0 Å². The number of hydrogen-bond acceptors (Lipinski definition) is 13. The highest BCUT2D eigenvalue weighted by Gasteiger charge is 2.02. The van der Waals surface area contributed by atoms with E-state index < -0.39 is 0 Å². The predicted octanol–water partition coefficient (Wildman–Crippen LogP) is 1.98. The molecule has 44 heavy (non-hydrogen) atoms. The molecule has 1 heterocycles. The van der Waals surface area contributed by atoms with Crippen LogP contribution in [0.15, 0.2) is 30.5 Å². The number of methoxy groups -OCH3 is 1. The van der Waals surface area contributed by atoms with Crippen LogP contribution in [0.1, 0.15) is 18.5 Å². The molecule has 0 saturated carbocycles. The number of carbonyl (C=O) groups is 1. The number of unbranched alkanes of at least 4 members (excludes halogenated alkanes) is 1. The number of rotatable bonds is 32. The summed E-state index contributed by atoms with van der Waals surface area (Å²) in [6.07, 6.45) is 4.01. The second kappa shape index (κ2) is 27.8. The maximum atomic E-state index is 10.2. The van der Waals surface area contributed by atoms with Crippen LogP contribution in [0.3, 0.4) is 0 Å². The van der Waals surface area contributed by atoms with Crippen molar-refractivity contribution in [3.63, 3.8) is 0 Å². The Balaban J connectivity index is 1.27. The van der Waals surface area contributed by atoms with Gasteiger partial charge in [-0.15, -0.1) is 5.10 Å². The minimum absolute atomic E-state index is 0.364. The topological polar surface area (TPSA) is 140 Å². The zero-order chi connectivity index (χ0) is 31.2. The first-order valence-electron chi connectivity index (χ1n) is 15.0. The van der Waals surface area contributed by atoms with E-state index in [1.54, 1.807) is 11.8 Å². The Labute approximate surface area is 260 Å². The summed E-state index contributed by atoms with van der Waals surface area (Å²) < 4.78 is 56.3. The molecule has 14 nitrogen and oxygen atoms in total. The number of nitrogens with zero attached hydrogens (tertiary/aromatic N) is 3. The number of hydrogen-bond donors (Lipinski definition) is 0. The summed E-state index contributed by atoms with van der Waals surface area (Å²) in [4.78, 5) is 10.2. The van der Waals surface area contributed by atoms with Gasteiger partial charge in [0.25, 0.3) is 0 Å². The highest BCUT2D eigenvalue weighted by Crippen LogP contribution is 2.16. The molecule has 0 aliphatic heterocycles. The summed E-state index contributed by atoms with van der Waals surface area (Å²) >= 11 is 0. The van der Waals surface area contributed by atoms with Gasteiger partial charge in [0.15, 0.2) is 0 Å². The highest BCUT2D eigenvalue weighted by atomic mass is 16.6. The summed E-state index contributed by atoms with van der Waals surface area (Å²) in [5, 5.41) is 8.19. The third-order valence-corrected chi connectivity index (χ3v) is 5.70. The molecule has 1 aromatic carbocycles. The fourth-order valence-electron chi connectivity index (χ4n) is 3.43. The molecule has 14 heteroatoms. The van der Waals surface area contributed by atoms with E-state index in [9.17, 15) is 4.79 Å². The number of aldehydes is 1. The molecule has 250 valence electrons. The van der Waals surface area contributed by atoms with Crippen LogP contribution in [0.25, 0.3) is 0 Å². The Kier molecular flexibility index (Phi) is 23.7. The van der Waals surface area contributed by atoms with Gasteiger partial charge in [0.2, 0.25) is 0 Å². The molecule has 0 fully saturated rings. The summed E-state index contributed by atoms with van der Waals surface area (Å²) in [5.74, 6) is 1.57. The van der Waals surface area contributed by atoms with Crippen molar-refractivity contribution >= 4 is 6.29 Å². The first kappa shape index (κ1) is 37.5. The van der Waals surface area contributed by atoms with Crippen molar-refractivity contribution in [1.29, 1.82) is 0 Å². The van der Waals surface area contributed by atoms with E-state index in [1.807, 2.05) is 30.5 Å². The quantitative estimate of drug-likeness (QED) is 0.0863. The molecule has 0 aliphatic carbocycles. The highest BCUT2D eigenvalue weighted by molar-refractivity contribution is 5.48. The third kappa shape index (κ3) is 21.1. The van der Waals surface area contributed by atoms with E-state index in [-0.39, 0.29) is 0 Å². The first-order chi connectivity index (χ1) is 21.8. The molecule has 0 amide bonds. The van der Waals surface area contributed by atoms with Crippen molar-refractivity contribution in [3.8, 4) is 11.5 Å². The monoisotopic (exact) mass is 627 g/mol. The van der Waals surface area contributed by atoms with E-state index in [0.717, 1.165) is 29.9 Å². The van der Waals surface area contributed by atoms with E-state index in [0.29, 0.717) is 125 Å². The fourth-order valence-corrected chi connectivity index (χ4v) is 3.43. The van der Waals surface area contributed by atoms with Crippen LogP contribution in [0.5, 0.6) is 11.5 Å². The lowest BCUT2D eigenvalue weighted by Gasteiger charge is -2.08. The lowest BCUT2D eigenvalue weighted by atomic mass is 10.3. The molecule has 0 N–H and O–H groups in total. The molecule has 0 radical (unpaired) electrons. The molecule has 2 aromatic rings. The molecular weight excluding hydrogens is 578 g/mol. The van der Waals surface area contributed by atoms with Crippen molar-refractivity contribution in [2.75, 3.05) is 113 Å². The van der Waals surface area contributed by atoms with Gasteiger partial charge >= 0.3 is 0 Å². The molecular formula is C30H49N3O11. The molecule has 1 aromatic heterocycles. The fraction of sp³-hybridized carbons (Fsp3) is 0.700. The summed E-state index contributed by atoms with van der Waals surface area (Å²) in [5.41, 5.74) is 0.748. The molecule has 0 atom stereocenters. The third-order valence-electron chi connectivity index (χ3n) is 5.70. The second-order valence-electron chi connectivity index (χ2n) is 9.15. The van der Waals surface area contributed by atoms with Crippen LogP contribution in [-0.2, 0) is 55.8 Å². The first-order valence-corrected chi connectivity index (χ1v) is 15.0. The maximum absolute atomic E-state index is 10.2. The summed E-state index contributed by atoms with van der Waals surface area (Å²) in [6.45, 7) is 8.91. The number of ether oxygens (including phenoxy) is 10. The molecule has 0 saturated heterocycles. The number of aromatic nitrogens is 3. The largest absolute Gasteiger partial charge is 0.497 e. The zero-order valence-electron chi connectivity index (χ0n) is 25.9. The second-order valence-corrected chi connectivity index (χ2v) is 9.15.